The average molecular weight is 185 g/mol. The van der Waals surface area contributed by atoms with Crippen LogP contribution in [0.15, 0.2) is 18.2 Å². The Morgan fingerprint density at radius 3 is 2.64 bits per heavy atom. The molecule has 0 spiro atoms. The quantitative estimate of drug-likeness (QED) is 0.656. The molecular weight excluding hydrogens is 170 g/mol. The molecule has 1 heteroatoms. The Kier molecular flexibility index (Phi) is 2.54. The Morgan fingerprint density at radius 2 is 2.00 bits per heavy atom. The molecule has 1 aromatic rings. The van der Waals surface area contributed by atoms with Gasteiger partial charge in [0, 0.05) is 0 Å². The largest absolute Gasteiger partial charge is 0.192 e. The summed E-state index contributed by atoms with van der Waals surface area (Å²) in [7, 11) is 0. The molecule has 0 aliphatic heterocycles. The number of hydrogen-bond donors (Lipinski definition) is 0. The summed E-state index contributed by atoms with van der Waals surface area (Å²) in [6.07, 6.45) is 5.17. The minimum absolute atomic E-state index is 0.643. The number of rotatable bonds is 1. The molecule has 1 aliphatic carbocycles. The molecule has 0 aromatic heterocycles. The summed E-state index contributed by atoms with van der Waals surface area (Å²) >= 11 is 0. The van der Waals surface area contributed by atoms with Gasteiger partial charge in [-0.05, 0) is 37.3 Å². The van der Waals surface area contributed by atoms with Gasteiger partial charge in [0.2, 0.25) is 0 Å². The molecule has 1 nitrogen and oxygen atoms in total. The molecule has 0 heterocycles. The summed E-state index contributed by atoms with van der Waals surface area (Å²) in [5.74, 6) is 0.643. The summed E-state index contributed by atoms with van der Waals surface area (Å²) in [6.45, 7) is 2.10. The smallest absolute Gasteiger partial charge is 0.0994 e. The number of hydrogen-bond acceptors (Lipinski definition) is 1. The molecule has 0 amide bonds. The van der Waals surface area contributed by atoms with E-state index in [1.54, 1.807) is 0 Å². The fraction of sp³-hybridized carbons (Fsp3) is 0.462. The van der Waals surface area contributed by atoms with Crippen LogP contribution in [0.2, 0.25) is 0 Å². The maximum absolute atomic E-state index is 9.02. The Morgan fingerprint density at radius 1 is 1.29 bits per heavy atom. The van der Waals surface area contributed by atoms with Crippen molar-refractivity contribution in [2.75, 3.05) is 0 Å². The lowest BCUT2D eigenvalue weighted by molar-refractivity contribution is 0.720. The van der Waals surface area contributed by atoms with E-state index < -0.39 is 0 Å². The Hall–Kier alpha value is -1.29. The van der Waals surface area contributed by atoms with Crippen LogP contribution in [0.5, 0.6) is 0 Å². The van der Waals surface area contributed by atoms with Crippen molar-refractivity contribution in [2.24, 2.45) is 0 Å². The summed E-state index contributed by atoms with van der Waals surface area (Å²) in [4.78, 5) is 0. The molecule has 0 radical (unpaired) electrons. The van der Waals surface area contributed by atoms with Crippen LogP contribution in [0.1, 0.15) is 48.3 Å². The molecule has 0 saturated heterocycles. The lowest BCUT2D eigenvalue weighted by Crippen LogP contribution is -1.96. The van der Waals surface area contributed by atoms with Crippen LogP contribution in [-0.4, -0.2) is 0 Å². The van der Waals surface area contributed by atoms with E-state index in [0.717, 1.165) is 5.56 Å². The second kappa shape index (κ2) is 3.84. The van der Waals surface area contributed by atoms with Crippen molar-refractivity contribution in [1.29, 1.82) is 5.26 Å². The number of aryl methyl sites for hydroxylation is 1. The number of nitriles is 1. The summed E-state index contributed by atoms with van der Waals surface area (Å²) in [5, 5.41) is 9.02. The molecule has 0 N–H and O–H groups in total. The van der Waals surface area contributed by atoms with Crippen LogP contribution in [0.3, 0.4) is 0 Å². The molecule has 0 atom stereocenters. The standard InChI is InChI=1S/C13H15N/c1-10-6-7-12(9-14)13(8-10)11-4-2-3-5-11/h6-8,11H,2-5H2,1H3. The van der Waals surface area contributed by atoms with E-state index in [9.17, 15) is 0 Å². The minimum atomic E-state index is 0.643. The van der Waals surface area contributed by atoms with Gasteiger partial charge in [0.1, 0.15) is 0 Å². The van der Waals surface area contributed by atoms with E-state index in [2.05, 4.69) is 19.1 Å². The highest BCUT2D eigenvalue weighted by atomic mass is 14.3. The third-order valence-corrected chi connectivity index (χ3v) is 3.12. The first kappa shape index (κ1) is 9.27. The van der Waals surface area contributed by atoms with Gasteiger partial charge in [0.05, 0.1) is 11.6 Å². The molecule has 1 saturated carbocycles. The predicted octanol–water partition coefficient (Wildman–Crippen LogP) is 3.52. The van der Waals surface area contributed by atoms with Crippen molar-refractivity contribution in [3.05, 3.63) is 34.9 Å². The molecule has 72 valence electrons. The lowest BCUT2D eigenvalue weighted by Gasteiger charge is -2.11. The van der Waals surface area contributed by atoms with Gasteiger partial charge < -0.3 is 0 Å². The van der Waals surface area contributed by atoms with Crippen LogP contribution in [0, 0.1) is 18.3 Å². The lowest BCUT2D eigenvalue weighted by atomic mass is 9.92. The van der Waals surface area contributed by atoms with Gasteiger partial charge in [-0.15, -0.1) is 0 Å². The van der Waals surface area contributed by atoms with Crippen molar-refractivity contribution >= 4 is 0 Å². The van der Waals surface area contributed by atoms with Crippen molar-refractivity contribution in [2.45, 2.75) is 38.5 Å². The van der Waals surface area contributed by atoms with E-state index >= 15 is 0 Å². The molecule has 1 fully saturated rings. The molecule has 0 unspecified atom stereocenters. The van der Waals surface area contributed by atoms with Crippen molar-refractivity contribution < 1.29 is 0 Å². The van der Waals surface area contributed by atoms with Crippen LogP contribution < -0.4 is 0 Å². The zero-order valence-electron chi connectivity index (χ0n) is 8.59. The second-order valence-corrected chi connectivity index (χ2v) is 4.18. The normalized spacial score (nSPS) is 16.9. The third kappa shape index (κ3) is 1.65. The maximum atomic E-state index is 9.02. The summed E-state index contributed by atoms with van der Waals surface area (Å²) < 4.78 is 0. The van der Waals surface area contributed by atoms with Crippen LogP contribution in [0.25, 0.3) is 0 Å². The third-order valence-electron chi connectivity index (χ3n) is 3.12. The van der Waals surface area contributed by atoms with Crippen LogP contribution >= 0.6 is 0 Å². The highest BCUT2D eigenvalue weighted by Gasteiger charge is 2.19. The first-order chi connectivity index (χ1) is 6.81. The predicted molar refractivity (Wildman–Crippen MR) is 57.1 cm³/mol. The van der Waals surface area contributed by atoms with Crippen LogP contribution in [-0.2, 0) is 0 Å². The molecular formula is C13H15N. The molecule has 14 heavy (non-hydrogen) atoms. The van der Waals surface area contributed by atoms with Gasteiger partial charge >= 0.3 is 0 Å². The highest BCUT2D eigenvalue weighted by Crippen LogP contribution is 2.35. The van der Waals surface area contributed by atoms with E-state index in [-0.39, 0.29) is 0 Å². The second-order valence-electron chi connectivity index (χ2n) is 4.18. The molecule has 2 rings (SSSR count). The first-order valence-electron chi connectivity index (χ1n) is 5.32. The van der Waals surface area contributed by atoms with Gasteiger partial charge in [0.15, 0.2) is 0 Å². The highest BCUT2D eigenvalue weighted by molar-refractivity contribution is 5.42. The topological polar surface area (TPSA) is 23.8 Å². The monoisotopic (exact) mass is 185 g/mol. The minimum Gasteiger partial charge on any atom is -0.192 e. The van der Waals surface area contributed by atoms with Gasteiger partial charge in [-0.1, -0.05) is 30.5 Å². The Bertz CT molecular complexity index is 367. The van der Waals surface area contributed by atoms with Gasteiger partial charge in [-0.25, -0.2) is 0 Å². The average Bonchev–Trinajstić information content (AvgIpc) is 2.70. The van der Waals surface area contributed by atoms with Crippen molar-refractivity contribution in [3.8, 4) is 6.07 Å². The zero-order valence-corrected chi connectivity index (χ0v) is 8.59. The van der Waals surface area contributed by atoms with Gasteiger partial charge in [-0.3, -0.25) is 0 Å². The van der Waals surface area contributed by atoms with E-state index in [1.807, 2.05) is 12.1 Å². The fourth-order valence-corrected chi connectivity index (χ4v) is 2.36. The maximum Gasteiger partial charge on any atom is 0.0994 e. The van der Waals surface area contributed by atoms with E-state index in [1.165, 1.54) is 36.8 Å². The fourth-order valence-electron chi connectivity index (χ4n) is 2.36. The Labute approximate surface area is 85.4 Å². The molecule has 0 bridgehead atoms. The van der Waals surface area contributed by atoms with E-state index in [0.29, 0.717) is 5.92 Å². The van der Waals surface area contributed by atoms with Crippen LogP contribution in [0.4, 0.5) is 0 Å². The Balaban J connectivity index is 2.39. The van der Waals surface area contributed by atoms with Gasteiger partial charge in [0.25, 0.3) is 0 Å². The first-order valence-corrected chi connectivity index (χ1v) is 5.32. The summed E-state index contributed by atoms with van der Waals surface area (Å²) in [5.41, 5.74) is 3.43. The molecule has 1 aromatic carbocycles. The molecule has 1 aliphatic rings. The number of nitrogens with zero attached hydrogens (tertiary/aromatic N) is 1. The number of benzene rings is 1. The van der Waals surface area contributed by atoms with E-state index in [4.69, 9.17) is 5.26 Å². The SMILES string of the molecule is Cc1ccc(C#N)c(C2CCCC2)c1. The summed E-state index contributed by atoms with van der Waals surface area (Å²) in [6, 6.07) is 8.47. The zero-order chi connectivity index (χ0) is 9.97. The van der Waals surface area contributed by atoms with Gasteiger partial charge in [-0.2, -0.15) is 5.26 Å². The van der Waals surface area contributed by atoms with Crippen molar-refractivity contribution in [3.63, 3.8) is 0 Å². The van der Waals surface area contributed by atoms with Crippen molar-refractivity contribution in [1.82, 2.24) is 0 Å².